The van der Waals surface area contributed by atoms with Gasteiger partial charge in [0.25, 0.3) is 0 Å². The molecule has 4 aliphatic carbocycles. The fourth-order valence-corrected chi connectivity index (χ4v) is 8.71. The molecule has 5 heteroatoms. The van der Waals surface area contributed by atoms with Crippen molar-refractivity contribution in [1.82, 2.24) is 0 Å². The summed E-state index contributed by atoms with van der Waals surface area (Å²) in [5.74, 6) is 2.19. The molecule has 4 nitrogen and oxygen atoms in total. The molecule has 2 N–H and O–H groups in total. The molecule has 160 valence electrons. The van der Waals surface area contributed by atoms with E-state index in [1.165, 1.54) is 19.3 Å². The molecule has 0 aromatic carbocycles. The van der Waals surface area contributed by atoms with Gasteiger partial charge in [-0.2, -0.15) is 0 Å². The van der Waals surface area contributed by atoms with Gasteiger partial charge in [-0.25, -0.2) is 0 Å². The van der Waals surface area contributed by atoms with Crippen molar-refractivity contribution >= 4 is 5.97 Å². The van der Waals surface area contributed by atoms with Gasteiger partial charge < -0.3 is 20.1 Å². The van der Waals surface area contributed by atoms with E-state index in [9.17, 15) is 20.1 Å². The van der Waals surface area contributed by atoms with Crippen molar-refractivity contribution in [3.63, 3.8) is 0 Å². The molecule has 0 aromatic rings. The topological polar surface area (TPSA) is 80.6 Å². The first-order chi connectivity index (χ1) is 13.2. The first kappa shape index (κ1) is 24.7. The molecule has 4 saturated carbocycles. The molecule has 0 spiro atoms. The molecule has 0 saturated heterocycles. The maximum Gasteiger partial charge on any atom is 1.00 e. The molecule has 4 rings (SSSR count). The summed E-state index contributed by atoms with van der Waals surface area (Å²) in [4.78, 5) is 10.9. The Balaban J connectivity index is 0.00000240. The van der Waals surface area contributed by atoms with E-state index in [0.717, 1.165) is 32.1 Å². The average Bonchev–Trinajstić information content (AvgIpc) is 3.00. The van der Waals surface area contributed by atoms with Crippen molar-refractivity contribution in [1.29, 1.82) is 0 Å². The second-order valence-corrected chi connectivity index (χ2v) is 11.3. The Bertz CT molecular complexity index is 612. The molecule has 0 amide bonds. The van der Waals surface area contributed by atoms with E-state index in [0.29, 0.717) is 41.9 Å². The Labute approximate surface area is 219 Å². The normalized spacial score (nSPS) is 49.9. The number of carboxylic acids is 1. The molecule has 4 aliphatic rings. The van der Waals surface area contributed by atoms with E-state index in [1.54, 1.807) is 0 Å². The van der Waals surface area contributed by atoms with Gasteiger partial charge in [-0.05, 0) is 111 Å². The minimum atomic E-state index is -0.957. The number of rotatable bonds is 4. The van der Waals surface area contributed by atoms with Crippen LogP contribution in [0.2, 0.25) is 0 Å². The Morgan fingerprint density at radius 3 is 2.48 bits per heavy atom. The maximum atomic E-state index is 11.5. The third kappa shape index (κ3) is 4.09. The van der Waals surface area contributed by atoms with Crippen LogP contribution in [-0.2, 0) is 4.79 Å². The number of carbonyl (C=O) groups excluding carboxylic acids is 1. The molecule has 0 heterocycles. The number of hydrogen-bond acceptors (Lipinski definition) is 4. The molecular weight excluding hydrogens is 391 g/mol. The smallest absolute Gasteiger partial charge is 0.550 e. The van der Waals surface area contributed by atoms with Crippen LogP contribution >= 0.6 is 0 Å². The van der Waals surface area contributed by atoms with Crippen molar-refractivity contribution < 1.29 is 71.5 Å². The van der Waals surface area contributed by atoms with Crippen LogP contribution in [-0.4, -0.2) is 28.4 Å². The first-order valence-electron chi connectivity index (χ1n) is 11.7. The van der Waals surface area contributed by atoms with E-state index in [2.05, 4.69) is 20.8 Å². The Kier molecular flexibility index (Phi) is 7.75. The molecular formula is C24H39KO4. The van der Waals surface area contributed by atoms with Crippen molar-refractivity contribution in [3.8, 4) is 0 Å². The first-order valence-corrected chi connectivity index (χ1v) is 11.7. The number of aliphatic hydroxyl groups excluding tert-OH is 2. The van der Waals surface area contributed by atoms with Gasteiger partial charge in [0.05, 0.1) is 12.2 Å². The summed E-state index contributed by atoms with van der Waals surface area (Å²) in [7, 11) is 0. The van der Waals surface area contributed by atoms with Gasteiger partial charge in [-0.15, -0.1) is 0 Å². The van der Waals surface area contributed by atoms with Crippen LogP contribution in [0.5, 0.6) is 0 Å². The zero-order chi connectivity index (χ0) is 20.3. The molecule has 0 aromatic heterocycles. The van der Waals surface area contributed by atoms with E-state index >= 15 is 0 Å². The summed E-state index contributed by atoms with van der Waals surface area (Å²) >= 11 is 0. The molecule has 0 aliphatic heterocycles. The molecule has 0 radical (unpaired) electrons. The second kappa shape index (κ2) is 9.11. The minimum Gasteiger partial charge on any atom is -0.550 e. The summed E-state index contributed by atoms with van der Waals surface area (Å²) in [6.45, 7) is 6.94. The van der Waals surface area contributed by atoms with Crippen LogP contribution < -0.4 is 56.5 Å². The van der Waals surface area contributed by atoms with E-state index < -0.39 is 5.97 Å². The third-order valence-electron chi connectivity index (χ3n) is 10.3. The molecule has 4 fully saturated rings. The van der Waals surface area contributed by atoms with Gasteiger partial charge >= 0.3 is 51.4 Å². The third-order valence-corrected chi connectivity index (χ3v) is 10.3. The molecule has 10 atom stereocenters. The monoisotopic (exact) mass is 430 g/mol. The van der Waals surface area contributed by atoms with Crippen molar-refractivity contribution in [2.45, 2.75) is 97.2 Å². The molecule has 3 unspecified atom stereocenters. The van der Waals surface area contributed by atoms with Gasteiger partial charge in [0.2, 0.25) is 0 Å². The Morgan fingerprint density at radius 2 is 1.79 bits per heavy atom. The fraction of sp³-hybridized carbons (Fsp3) is 0.958. The van der Waals surface area contributed by atoms with Gasteiger partial charge in [-0.1, -0.05) is 20.8 Å². The standard InChI is InChI=1S/C24H40O4.K/c1-14(4-9-22(27)28)18-7-8-19-17-6-5-15-12-16(25)10-11-23(15,2)20(17)13-21(26)24(18,19)3;/h14-21,25-26H,4-13H2,1-3H3,(H,27,28);/q;+1/p-1/t14-,15-,16-,17?,18-,19?,20?,21+,23+,24-;/m1./s1. The molecule has 0 bridgehead atoms. The maximum absolute atomic E-state index is 11.5. The predicted molar refractivity (Wildman–Crippen MR) is 106 cm³/mol. The predicted octanol–water partition coefficient (Wildman–Crippen LogP) is 0.147. The van der Waals surface area contributed by atoms with Gasteiger partial charge in [0.1, 0.15) is 0 Å². The van der Waals surface area contributed by atoms with Crippen molar-refractivity contribution in [2.75, 3.05) is 0 Å². The van der Waals surface area contributed by atoms with Crippen LogP contribution in [0.3, 0.4) is 0 Å². The van der Waals surface area contributed by atoms with Crippen LogP contribution in [0, 0.1) is 46.3 Å². The largest absolute Gasteiger partial charge is 1.00 e. The summed E-state index contributed by atoms with van der Waals surface area (Å²) in [5.41, 5.74) is 0.188. The van der Waals surface area contributed by atoms with E-state index in [-0.39, 0.29) is 80.8 Å². The van der Waals surface area contributed by atoms with Crippen LogP contribution in [0.4, 0.5) is 0 Å². The summed E-state index contributed by atoms with van der Waals surface area (Å²) in [6.07, 6.45) is 8.98. The van der Waals surface area contributed by atoms with Gasteiger partial charge in [-0.3, -0.25) is 0 Å². The van der Waals surface area contributed by atoms with Gasteiger partial charge in [0, 0.05) is 5.97 Å². The van der Waals surface area contributed by atoms with Crippen LogP contribution in [0.15, 0.2) is 0 Å². The van der Waals surface area contributed by atoms with Crippen molar-refractivity contribution in [3.05, 3.63) is 0 Å². The average molecular weight is 431 g/mol. The van der Waals surface area contributed by atoms with Crippen LogP contribution in [0.25, 0.3) is 0 Å². The number of fused-ring (bicyclic) bond motifs is 5. The van der Waals surface area contributed by atoms with Gasteiger partial charge in [0.15, 0.2) is 0 Å². The fourth-order valence-electron chi connectivity index (χ4n) is 8.71. The quantitative estimate of drug-likeness (QED) is 0.622. The number of aliphatic carboxylic acids is 1. The zero-order valence-corrected chi connectivity index (χ0v) is 22.0. The summed E-state index contributed by atoms with van der Waals surface area (Å²) in [6, 6.07) is 0. The second-order valence-electron chi connectivity index (χ2n) is 11.3. The van der Waals surface area contributed by atoms with Crippen LogP contribution in [0.1, 0.15) is 85.0 Å². The number of carbonyl (C=O) groups is 1. The minimum absolute atomic E-state index is 0. The SMILES string of the molecule is C[C@H](CCC(=O)[O-])[C@H]1CCC2C3CC[C@@H]4C[C@H](O)CC[C@]4(C)C3C[C@H](O)[C@@]21C.[K+]. The summed E-state index contributed by atoms with van der Waals surface area (Å²) in [5, 5.41) is 32.6. The van der Waals surface area contributed by atoms with Crippen molar-refractivity contribution in [2.24, 2.45) is 46.3 Å². The number of aliphatic hydroxyl groups is 2. The number of carboxylic acid groups (broad SMARTS) is 1. The summed E-state index contributed by atoms with van der Waals surface area (Å²) < 4.78 is 0. The number of hydrogen-bond donors (Lipinski definition) is 2. The molecule has 29 heavy (non-hydrogen) atoms. The Hall–Kier alpha value is 1.03. The van der Waals surface area contributed by atoms with E-state index in [4.69, 9.17) is 0 Å². The van der Waals surface area contributed by atoms with E-state index in [1.807, 2.05) is 0 Å². The zero-order valence-electron chi connectivity index (χ0n) is 18.9. The Morgan fingerprint density at radius 1 is 1.07 bits per heavy atom.